The standard InChI is InChI=1S/C17H27N3O/c1-4-14-5-7-15(8-6-14)16(21)19-9-11-20(12-10-19)17(2,3)13-18/h5-8H,4,9-13,18H2,1-3H3. The van der Waals surface area contributed by atoms with E-state index < -0.39 is 0 Å². The molecule has 1 aromatic rings. The molecule has 2 N–H and O–H groups in total. The third kappa shape index (κ3) is 3.63. The topological polar surface area (TPSA) is 49.6 Å². The maximum Gasteiger partial charge on any atom is 0.253 e. The van der Waals surface area contributed by atoms with Crippen molar-refractivity contribution in [2.45, 2.75) is 32.7 Å². The predicted octanol–water partition coefficient (Wildman–Crippen LogP) is 1.74. The summed E-state index contributed by atoms with van der Waals surface area (Å²) in [6.07, 6.45) is 1.00. The van der Waals surface area contributed by atoms with Crippen LogP contribution in [0.5, 0.6) is 0 Å². The number of carbonyl (C=O) groups excluding carboxylic acids is 1. The molecule has 0 spiro atoms. The van der Waals surface area contributed by atoms with Gasteiger partial charge in [-0.15, -0.1) is 0 Å². The van der Waals surface area contributed by atoms with Gasteiger partial charge in [-0.2, -0.15) is 0 Å². The van der Waals surface area contributed by atoms with E-state index in [0.29, 0.717) is 6.54 Å². The van der Waals surface area contributed by atoms with E-state index >= 15 is 0 Å². The Labute approximate surface area is 127 Å². The number of benzene rings is 1. The van der Waals surface area contributed by atoms with Crippen molar-refractivity contribution in [2.75, 3.05) is 32.7 Å². The van der Waals surface area contributed by atoms with Crippen LogP contribution in [0.25, 0.3) is 0 Å². The Kier molecular flexibility index (Phi) is 5.01. The van der Waals surface area contributed by atoms with Crippen molar-refractivity contribution in [3.63, 3.8) is 0 Å². The van der Waals surface area contributed by atoms with Gasteiger partial charge in [-0.1, -0.05) is 19.1 Å². The van der Waals surface area contributed by atoms with Crippen LogP contribution in [0.15, 0.2) is 24.3 Å². The van der Waals surface area contributed by atoms with Crippen LogP contribution in [0.2, 0.25) is 0 Å². The van der Waals surface area contributed by atoms with E-state index in [0.717, 1.165) is 38.2 Å². The van der Waals surface area contributed by atoms with E-state index in [1.54, 1.807) is 0 Å². The Morgan fingerprint density at radius 1 is 1.14 bits per heavy atom. The van der Waals surface area contributed by atoms with Gasteiger partial charge in [-0.3, -0.25) is 9.69 Å². The first kappa shape index (κ1) is 16.0. The third-order valence-electron chi connectivity index (χ3n) is 4.53. The molecule has 1 aliphatic rings. The first-order valence-corrected chi connectivity index (χ1v) is 7.81. The summed E-state index contributed by atoms with van der Waals surface area (Å²) < 4.78 is 0. The lowest BCUT2D eigenvalue weighted by Gasteiger charge is -2.43. The van der Waals surface area contributed by atoms with Crippen molar-refractivity contribution < 1.29 is 4.79 Å². The van der Waals surface area contributed by atoms with E-state index in [1.165, 1.54) is 5.56 Å². The number of carbonyl (C=O) groups is 1. The molecule has 1 amide bonds. The van der Waals surface area contributed by atoms with Crippen molar-refractivity contribution in [1.82, 2.24) is 9.80 Å². The number of nitrogens with two attached hydrogens (primary N) is 1. The summed E-state index contributed by atoms with van der Waals surface area (Å²) in [6, 6.07) is 7.97. The minimum absolute atomic E-state index is 0.0118. The lowest BCUT2D eigenvalue weighted by atomic mass is 10.0. The molecule has 1 saturated heterocycles. The molecule has 0 unspecified atom stereocenters. The summed E-state index contributed by atoms with van der Waals surface area (Å²) in [5.41, 5.74) is 7.89. The SMILES string of the molecule is CCc1ccc(C(=O)N2CCN(C(C)(C)CN)CC2)cc1. The van der Waals surface area contributed by atoms with Crippen molar-refractivity contribution in [3.05, 3.63) is 35.4 Å². The van der Waals surface area contributed by atoms with Crippen LogP contribution in [0.1, 0.15) is 36.7 Å². The first-order valence-electron chi connectivity index (χ1n) is 7.81. The summed E-state index contributed by atoms with van der Waals surface area (Å²) in [4.78, 5) is 16.8. The van der Waals surface area contributed by atoms with Gasteiger partial charge >= 0.3 is 0 Å². The fraction of sp³-hybridized carbons (Fsp3) is 0.588. The summed E-state index contributed by atoms with van der Waals surface area (Å²) >= 11 is 0. The summed E-state index contributed by atoms with van der Waals surface area (Å²) in [5, 5.41) is 0. The predicted molar refractivity (Wildman–Crippen MR) is 86.4 cm³/mol. The van der Waals surface area contributed by atoms with Crippen LogP contribution in [0.3, 0.4) is 0 Å². The number of nitrogens with zero attached hydrogens (tertiary/aromatic N) is 2. The molecule has 1 aromatic carbocycles. The van der Waals surface area contributed by atoms with Gasteiger partial charge in [0.1, 0.15) is 0 Å². The molecule has 1 aliphatic heterocycles. The van der Waals surface area contributed by atoms with Crippen LogP contribution in [0, 0.1) is 0 Å². The number of piperazine rings is 1. The second-order valence-electron chi connectivity index (χ2n) is 6.35. The van der Waals surface area contributed by atoms with Gasteiger partial charge < -0.3 is 10.6 Å². The van der Waals surface area contributed by atoms with E-state index in [2.05, 4.69) is 25.7 Å². The second-order valence-corrected chi connectivity index (χ2v) is 6.35. The first-order chi connectivity index (χ1) is 9.97. The van der Waals surface area contributed by atoms with Crippen LogP contribution >= 0.6 is 0 Å². The Morgan fingerprint density at radius 3 is 2.19 bits per heavy atom. The molecule has 2 rings (SSSR count). The maximum absolute atomic E-state index is 12.5. The quantitative estimate of drug-likeness (QED) is 0.918. The fourth-order valence-corrected chi connectivity index (χ4v) is 2.71. The highest BCUT2D eigenvalue weighted by molar-refractivity contribution is 5.94. The normalized spacial score (nSPS) is 17.0. The zero-order chi connectivity index (χ0) is 15.5. The van der Waals surface area contributed by atoms with Crippen LogP contribution in [-0.4, -0.2) is 54.0 Å². The molecule has 0 bridgehead atoms. The monoisotopic (exact) mass is 289 g/mol. The number of aryl methyl sites for hydroxylation is 1. The van der Waals surface area contributed by atoms with Gasteiger partial charge in [0.15, 0.2) is 0 Å². The molecule has 0 radical (unpaired) electrons. The highest BCUT2D eigenvalue weighted by atomic mass is 16.2. The Balaban J connectivity index is 1.96. The van der Waals surface area contributed by atoms with Crippen molar-refractivity contribution in [1.29, 1.82) is 0 Å². The molecule has 0 aromatic heterocycles. The van der Waals surface area contributed by atoms with E-state index in [9.17, 15) is 4.79 Å². The molecular weight excluding hydrogens is 262 g/mol. The Bertz CT molecular complexity index is 473. The molecule has 1 fully saturated rings. The molecule has 1 heterocycles. The highest BCUT2D eigenvalue weighted by Crippen LogP contribution is 2.17. The Morgan fingerprint density at radius 2 is 1.71 bits per heavy atom. The minimum atomic E-state index is 0.0118. The molecule has 116 valence electrons. The molecule has 4 nitrogen and oxygen atoms in total. The highest BCUT2D eigenvalue weighted by Gasteiger charge is 2.30. The van der Waals surface area contributed by atoms with Gasteiger partial charge in [0.2, 0.25) is 0 Å². The zero-order valence-electron chi connectivity index (χ0n) is 13.4. The van der Waals surface area contributed by atoms with Crippen molar-refractivity contribution in [2.24, 2.45) is 5.73 Å². The second kappa shape index (κ2) is 6.58. The maximum atomic E-state index is 12.5. The van der Waals surface area contributed by atoms with Crippen molar-refractivity contribution >= 4 is 5.91 Å². The van der Waals surface area contributed by atoms with Gasteiger partial charge in [0.05, 0.1) is 0 Å². The van der Waals surface area contributed by atoms with Gasteiger partial charge in [0.25, 0.3) is 5.91 Å². The third-order valence-corrected chi connectivity index (χ3v) is 4.53. The Hall–Kier alpha value is -1.39. The lowest BCUT2D eigenvalue weighted by molar-refractivity contribution is 0.0426. The summed E-state index contributed by atoms with van der Waals surface area (Å²) in [5.74, 6) is 0.142. The minimum Gasteiger partial charge on any atom is -0.336 e. The van der Waals surface area contributed by atoms with Crippen LogP contribution < -0.4 is 5.73 Å². The smallest absolute Gasteiger partial charge is 0.253 e. The number of hydrogen-bond donors (Lipinski definition) is 1. The molecule has 21 heavy (non-hydrogen) atoms. The fourth-order valence-electron chi connectivity index (χ4n) is 2.71. The molecule has 0 saturated carbocycles. The van der Waals surface area contributed by atoms with Gasteiger partial charge in [-0.25, -0.2) is 0 Å². The molecule has 0 aliphatic carbocycles. The van der Waals surface area contributed by atoms with Gasteiger partial charge in [0, 0.05) is 43.8 Å². The van der Waals surface area contributed by atoms with E-state index in [-0.39, 0.29) is 11.4 Å². The molecular formula is C17H27N3O. The number of hydrogen-bond acceptors (Lipinski definition) is 3. The van der Waals surface area contributed by atoms with Crippen molar-refractivity contribution in [3.8, 4) is 0 Å². The number of rotatable bonds is 4. The average molecular weight is 289 g/mol. The largest absolute Gasteiger partial charge is 0.336 e. The van der Waals surface area contributed by atoms with E-state index in [4.69, 9.17) is 5.73 Å². The van der Waals surface area contributed by atoms with E-state index in [1.807, 2.05) is 29.2 Å². The van der Waals surface area contributed by atoms with Crippen LogP contribution in [-0.2, 0) is 6.42 Å². The summed E-state index contributed by atoms with van der Waals surface area (Å²) in [6.45, 7) is 10.4. The molecule has 0 atom stereocenters. The van der Waals surface area contributed by atoms with Gasteiger partial charge in [-0.05, 0) is 38.0 Å². The number of amides is 1. The molecule has 4 heteroatoms. The van der Waals surface area contributed by atoms with Crippen LogP contribution in [0.4, 0.5) is 0 Å². The summed E-state index contributed by atoms with van der Waals surface area (Å²) in [7, 11) is 0. The zero-order valence-corrected chi connectivity index (χ0v) is 13.4. The average Bonchev–Trinajstić information content (AvgIpc) is 2.54. The lowest BCUT2D eigenvalue weighted by Crippen LogP contribution is -2.58.